The average Bonchev–Trinajstić information content (AvgIpc) is 3.30. The van der Waals surface area contributed by atoms with E-state index in [-0.39, 0.29) is 18.3 Å². The zero-order valence-corrected chi connectivity index (χ0v) is 19.5. The Balaban J connectivity index is 2.96. The molecule has 1 aromatic rings. The summed E-state index contributed by atoms with van der Waals surface area (Å²) in [4.78, 5) is 56.4. The van der Waals surface area contributed by atoms with Crippen molar-refractivity contribution in [1.29, 1.82) is 0 Å². The maximum Gasteiger partial charge on any atom is 0.328 e. The number of carbonyl (C=O) groups is 4. The van der Waals surface area contributed by atoms with Crippen molar-refractivity contribution in [3.63, 3.8) is 0 Å². The van der Waals surface area contributed by atoms with E-state index in [0.29, 0.717) is 18.5 Å². The van der Waals surface area contributed by atoms with Crippen molar-refractivity contribution in [2.45, 2.75) is 71.1 Å². The highest BCUT2D eigenvalue weighted by atomic mass is 16.4. The Morgan fingerprint density at radius 1 is 1.00 bits per heavy atom. The van der Waals surface area contributed by atoms with E-state index >= 15 is 0 Å². The van der Waals surface area contributed by atoms with Gasteiger partial charge in [-0.15, -0.1) is 0 Å². The quantitative estimate of drug-likeness (QED) is 0.178. The number of amides is 3. The first-order valence-corrected chi connectivity index (χ1v) is 11.0. The van der Waals surface area contributed by atoms with Gasteiger partial charge < -0.3 is 36.9 Å². The molecule has 0 spiro atoms. The van der Waals surface area contributed by atoms with Gasteiger partial charge in [-0.25, -0.2) is 9.78 Å². The van der Waals surface area contributed by atoms with E-state index in [1.807, 2.05) is 13.8 Å². The van der Waals surface area contributed by atoms with Gasteiger partial charge in [-0.2, -0.15) is 0 Å². The zero-order valence-electron chi connectivity index (χ0n) is 19.5. The molecule has 1 heterocycles. The average molecular weight is 469 g/mol. The van der Waals surface area contributed by atoms with Crippen LogP contribution in [0.15, 0.2) is 12.5 Å². The smallest absolute Gasteiger partial charge is 0.328 e. The van der Waals surface area contributed by atoms with Crippen LogP contribution in [0.1, 0.15) is 46.2 Å². The van der Waals surface area contributed by atoms with Crippen LogP contribution in [-0.4, -0.2) is 74.6 Å². The van der Waals surface area contributed by atoms with Crippen molar-refractivity contribution < 1.29 is 29.4 Å². The SMILES string of the molecule is CCC(C)C(NC(=O)C(N)Cc1cnc[nH]1)C(=O)NC(C(=O)NC(CO)C(=O)O)C(C)CC. The molecule has 0 fully saturated rings. The number of nitrogens with zero attached hydrogens (tertiary/aromatic N) is 1. The molecular weight excluding hydrogens is 432 g/mol. The van der Waals surface area contributed by atoms with Crippen LogP contribution in [-0.2, 0) is 25.6 Å². The molecule has 0 aliphatic carbocycles. The fourth-order valence-electron chi connectivity index (χ4n) is 3.08. The number of aromatic amines is 1. The number of rotatable bonds is 14. The van der Waals surface area contributed by atoms with E-state index in [1.165, 1.54) is 6.33 Å². The number of aromatic nitrogens is 2. The molecule has 3 amide bonds. The molecule has 0 aliphatic heterocycles. The van der Waals surface area contributed by atoms with Crippen LogP contribution in [0.3, 0.4) is 0 Å². The summed E-state index contributed by atoms with van der Waals surface area (Å²) in [5, 5.41) is 25.8. The normalized spacial score (nSPS) is 16.5. The third-order valence-corrected chi connectivity index (χ3v) is 5.72. The summed E-state index contributed by atoms with van der Waals surface area (Å²) in [6.07, 6.45) is 4.32. The summed E-state index contributed by atoms with van der Waals surface area (Å²) in [7, 11) is 0. The molecule has 33 heavy (non-hydrogen) atoms. The minimum absolute atomic E-state index is 0.205. The third-order valence-electron chi connectivity index (χ3n) is 5.72. The Labute approximate surface area is 193 Å². The molecule has 6 atom stereocenters. The number of aliphatic carboxylic acids is 1. The minimum Gasteiger partial charge on any atom is -0.480 e. The highest BCUT2D eigenvalue weighted by molar-refractivity contribution is 5.94. The van der Waals surface area contributed by atoms with Crippen LogP contribution in [0.2, 0.25) is 0 Å². The highest BCUT2D eigenvalue weighted by Gasteiger charge is 2.34. The van der Waals surface area contributed by atoms with Gasteiger partial charge in [0.25, 0.3) is 0 Å². The van der Waals surface area contributed by atoms with E-state index < -0.39 is 54.5 Å². The summed E-state index contributed by atoms with van der Waals surface area (Å²) < 4.78 is 0. The molecule has 0 saturated heterocycles. The van der Waals surface area contributed by atoms with Crippen LogP contribution >= 0.6 is 0 Å². The van der Waals surface area contributed by atoms with Crippen molar-refractivity contribution in [2.24, 2.45) is 17.6 Å². The van der Waals surface area contributed by atoms with Gasteiger partial charge in [0.15, 0.2) is 0 Å². The molecule has 1 aromatic heterocycles. The summed E-state index contributed by atoms with van der Waals surface area (Å²) in [6, 6.07) is -4.42. The van der Waals surface area contributed by atoms with Crippen molar-refractivity contribution in [3.05, 3.63) is 18.2 Å². The number of carbonyl (C=O) groups excluding carboxylic acids is 3. The number of imidazole rings is 1. The molecular formula is C21H36N6O6. The van der Waals surface area contributed by atoms with Crippen LogP contribution in [0, 0.1) is 11.8 Å². The van der Waals surface area contributed by atoms with Gasteiger partial charge >= 0.3 is 5.97 Å². The first kappa shape index (κ1) is 28.0. The number of nitrogens with two attached hydrogens (primary N) is 1. The summed E-state index contributed by atoms with van der Waals surface area (Å²) in [5.41, 5.74) is 6.65. The van der Waals surface area contributed by atoms with Gasteiger partial charge in [0.1, 0.15) is 18.1 Å². The molecule has 0 saturated carbocycles. The number of aliphatic hydroxyl groups excluding tert-OH is 1. The van der Waals surface area contributed by atoms with Crippen molar-refractivity contribution in [1.82, 2.24) is 25.9 Å². The number of H-pyrrole nitrogens is 1. The second-order valence-corrected chi connectivity index (χ2v) is 8.21. The Kier molecular flexibility index (Phi) is 11.5. The lowest BCUT2D eigenvalue weighted by Crippen LogP contribution is -2.60. The Morgan fingerprint density at radius 2 is 1.52 bits per heavy atom. The minimum atomic E-state index is -1.49. The van der Waals surface area contributed by atoms with Gasteiger partial charge in [-0.3, -0.25) is 14.4 Å². The molecule has 8 N–H and O–H groups in total. The number of hydrogen-bond donors (Lipinski definition) is 7. The Bertz CT molecular complexity index is 786. The van der Waals surface area contributed by atoms with E-state index in [4.69, 9.17) is 10.8 Å². The van der Waals surface area contributed by atoms with Gasteiger partial charge in [-0.1, -0.05) is 40.5 Å². The molecule has 0 aromatic carbocycles. The largest absolute Gasteiger partial charge is 0.480 e. The number of nitrogens with one attached hydrogen (secondary N) is 4. The van der Waals surface area contributed by atoms with Crippen molar-refractivity contribution in [3.8, 4) is 0 Å². The number of carboxylic acids is 1. The fraction of sp³-hybridized carbons (Fsp3) is 0.667. The highest BCUT2D eigenvalue weighted by Crippen LogP contribution is 2.13. The number of hydrogen-bond acceptors (Lipinski definition) is 7. The standard InChI is InChI=1S/C21H36N6O6/c1-5-11(3)16(19(30)25-15(9-28)21(32)33)27-20(31)17(12(4)6-2)26-18(29)14(22)7-13-8-23-10-24-13/h8,10-12,14-17,28H,5-7,9,22H2,1-4H3,(H,23,24)(H,25,30)(H,26,29)(H,27,31)(H,32,33). The number of carboxylic acid groups (broad SMARTS) is 1. The van der Waals surface area contributed by atoms with Crippen molar-refractivity contribution >= 4 is 23.7 Å². The van der Waals surface area contributed by atoms with E-state index in [1.54, 1.807) is 20.0 Å². The molecule has 0 radical (unpaired) electrons. The maximum atomic E-state index is 13.1. The van der Waals surface area contributed by atoms with Crippen LogP contribution in [0.25, 0.3) is 0 Å². The number of aliphatic hydroxyl groups is 1. The van der Waals surface area contributed by atoms with Gasteiger partial charge in [-0.05, 0) is 11.8 Å². The second-order valence-electron chi connectivity index (χ2n) is 8.21. The predicted molar refractivity (Wildman–Crippen MR) is 120 cm³/mol. The van der Waals surface area contributed by atoms with Gasteiger partial charge in [0.05, 0.1) is 19.0 Å². The lowest BCUT2D eigenvalue weighted by Gasteiger charge is -2.30. The van der Waals surface area contributed by atoms with Gasteiger partial charge in [0.2, 0.25) is 17.7 Å². The van der Waals surface area contributed by atoms with Crippen LogP contribution in [0.4, 0.5) is 0 Å². The monoisotopic (exact) mass is 468 g/mol. The lowest BCUT2D eigenvalue weighted by atomic mass is 9.94. The first-order valence-electron chi connectivity index (χ1n) is 11.0. The zero-order chi connectivity index (χ0) is 25.1. The lowest BCUT2D eigenvalue weighted by molar-refractivity contribution is -0.143. The van der Waals surface area contributed by atoms with E-state index in [9.17, 15) is 24.3 Å². The topological polar surface area (TPSA) is 200 Å². The Hall–Kier alpha value is -2.99. The third kappa shape index (κ3) is 8.46. The summed E-state index contributed by atoms with van der Waals surface area (Å²) in [6.45, 7) is 6.41. The fourth-order valence-corrected chi connectivity index (χ4v) is 3.08. The maximum absolute atomic E-state index is 13.1. The van der Waals surface area contributed by atoms with E-state index in [2.05, 4.69) is 25.9 Å². The molecule has 12 heteroatoms. The van der Waals surface area contributed by atoms with Gasteiger partial charge in [0, 0.05) is 18.3 Å². The molecule has 186 valence electrons. The molecule has 6 unspecified atom stereocenters. The van der Waals surface area contributed by atoms with Crippen molar-refractivity contribution in [2.75, 3.05) is 6.61 Å². The molecule has 12 nitrogen and oxygen atoms in total. The molecule has 0 bridgehead atoms. The molecule has 1 rings (SSSR count). The first-order chi connectivity index (χ1) is 15.5. The Morgan fingerprint density at radius 3 is 1.94 bits per heavy atom. The van der Waals surface area contributed by atoms with Crippen LogP contribution < -0.4 is 21.7 Å². The molecule has 0 aliphatic rings. The summed E-state index contributed by atoms with van der Waals surface area (Å²) >= 11 is 0. The van der Waals surface area contributed by atoms with Crippen LogP contribution in [0.5, 0.6) is 0 Å². The second kappa shape index (κ2) is 13.5. The predicted octanol–water partition coefficient (Wildman–Crippen LogP) is -1.10. The summed E-state index contributed by atoms with van der Waals surface area (Å²) in [5.74, 6) is -3.83. The van der Waals surface area contributed by atoms with E-state index in [0.717, 1.165) is 0 Å².